The minimum Gasteiger partial charge on any atom is -0.0651 e. The molecule has 0 nitrogen and oxygen atoms in total. The predicted molar refractivity (Wildman–Crippen MR) is 204 cm³/mol. The van der Waals surface area contributed by atoms with Gasteiger partial charge in [-0.15, -0.1) is 0 Å². The van der Waals surface area contributed by atoms with E-state index in [4.69, 9.17) is 0 Å². The zero-order chi connectivity index (χ0) is 32.1. The molecule has 0 spiro atoms. The van der Waals surface area contributed by atoms with E-state index in [-0.39, 0.29) is 0 Å². The van der Waals surface area contributed by atoms with E-state index in [0.717, 1.165) is 12.8 Å². The van der Waals surface area contributed by atoms with Crippen LogP contribution in [-0.2, 0) is 11.8 Å². The van der Waals surface area contributed by atoms with Crippen LogP contribution in [0.5, 0.6) is 0 Å². The van der Waals surface area contributed by atoms with Crippen LogP contribution in [0.25, 0.3) is 54.9 Å². The van der Waals surface area contributed by atoms with Gasteiger partial charge in [-0.2, -0.15) is 0 Å². The predicted octanol–water partition coefficient (Wildman–Crippen LogP) is 12.6. The zero-order valence-electron chi connectivity index (χ0n) is 27.2. The quantitative estimate of drug-likeness (QED) is 0.175. The molecule has 0 unspecified atom stereocenters. The average molecular weight is 613 g/mol. The highest BCUT2D eigenvalue weighted by Crippen LogP contribution is 2.61. The van der Waals surface area contributed by atoms with Gasteiger partial charge >= 0.3 is 0 Å². The average Bonchev–Trinajstić information content (AvgIpc) is 3.47. The van der Waals surface area contributed by atoms with Crippen molar-refractivity contribution in [3.8, 4) is 33.4 Å². The van der Waals surface area contributed by atoms with Gasteiger partial charge in [-0.05, 0) is 101 Å². The lowest BCUT2D eigenvalue weighted by Gasteiger charge is -2.34. The molecule has 0 atom stereocenters. The summed E-state index contributed by atoms with van der Waals surface area (Å²) in [5.74, 6) is 0. The Morgan fingerprint density at radius 2 is 0.833 bits per heavy atom. The van der Waals surface area contributed by atoms with Crippen LogP contribution in [0, 0.1) is 0 Å². The second-order valence-electron chi connectivity index (χ2n) is 13.1. The maximum atomic E-state index is 2.53. The van der Waals surface area contributed by atoms with Crippen LogP contribution in [0.3, 0.4) is 0 Å². The smallest absolute Gasteiger partial charge is 0.0651 e. The van der Waals surface area contributed by atoms with Gasteiger partial charge < -0.3 is 0 Å². The fraction of sp³-hybridized carbons (Fsp3) is 0.0833. The van der Waals surface area contributed by atoms with Crippen molar-refractivity contribution in [1.82, 2.24) is 0 Å². The van der Waals surface area contributed by atoms with Crippen LogP contribution in [0.15, 0.2) is 176 Å². The van der Waals surface area contributed by atoms with E-state index >= 15 is 0 Å². The number of hydrogen-bond donors (Lipinski definition) is 0. The van der Waals surface area contributed by atoms with E-state index in [1.807, 2.05) is 0 Å². The van der Waals surface area contributed by atoms with E-state index in [1.165, 1.54) is 82.7 Å². The largest absolute Gasteiger partial charge is 0.0714 e. The molecule has 0 aromatic heterocycles. The lowest BCUT2D eigenvalue weighted by atomic mass is 9.66. The number of aryl methyl sites for hydroxylation is 1. The first-order chi connectivity index (χ1) is 23.8. The van der Waals surface area contributed by atoms with Crippen molar-refractivity contribution in [3.05, 3.63) is 204 Å². The van der Waals surface area contributed by atoms with Crippen molar-refractivity contribution >= 4 is 21.5 Å². The highest BCUT2D eigenvalue weighted by Gasteiger charge is 2.48. The molecule has 0 heterocycles. The molecule has 0 bridgehead atoms. The van der Waals surface area contributed by atoms with Crippen LogP contribution in [0.2, 0.25) is 0 Å². The molecule has 228 valence electrons. The number of benzene rings is 8. The number of rotatable bonds is 6. The maximum absolute atomic E-state index is 2.53. The van der Waals surface area contributed by atoms with Gasteiger partial charge in [0, 0.05) is 0 Å². The van der Waals surface area contributed by atoms with Crippen molar-refractivity contribution in [1.29, 1.82) is 0 Å². The van der Waals surface area contributed by atoms with Crippen LogP contribution in [0.4, 0.5) is 0 Å². The summed E-state index contributed by atoms with van der Waals surface area (Å²) in [4.78, 5) is 0. The van der Waals surface area contributed by atoms with Crippen LogP contribution in [0.1, 0.15) is 41.2 Å². The molecular weight excluding hydrogens is 577 g/mol. The summed E-state index contributed by atoms with van der Waals surface area (Å²) < 4.78 is 0. The first-order valence-corrected chi connectivity index (χ1v) is 17.2. The van der Waals surface area contributed by atoms with Crippen molar-refractivity contribution in [3.63, 3.8) is 0 Å². The third-order valence-corrected chi connectivity index (χ3v) is 10.4. The Bertz CT molecular complexity index is 2380. The molecule has 0 saturated carbocycles. The molecule has 0 amide bonds. The minimum absolute atomic E-state index is 0.529. The van der Waals surface area contributed by atoms with Crippen LogP contribution < -0.4 is 0 Å². The van der Waals surface area contributed by atoms with E-state index in [9.17, 15) is 0 Å². The third-order valence-electron chi connectivity index (χ3n) is 10.4. The van der Waals surface area contributed by atoms with Gasteiger partial charge in [0.25, 0.3) is 0 Å². The Hall–Kier alpha value is -5.72. The molecule has 0 fully saturated rings. The second kappa shape index (κ2) is 11.5. The minimum atomic E-state index is -0.529. The molecule has 1 aliphatic carbocycles. The Morgan fingerprint density at radius 1 is 0.396 bits per heavy atom. The monoisotopic (exact) mass is 612 g/mol. The molecule has 8 aromatic rings. The number of hydrogen-bond acceptors (Lipinski definition) is 0. The Kier molecular flexibility index (Phi) is 6.83. The highest BCUT2D eigenvalue weighted by atomic mass is 14.5. The van der Waals surface area contributed by atoms with Gasteiger partial charge in [0.15, 0.2) is 0 Å². The Morgan fingerprint density at radius 3 is 1.35 bits per heavy atom. The molecule has 0 heteroatoms. The van der Waals surface area contributed by atoms with E-state index < -0.39 is 5.41 Å². The van der Waals surface area contributed by atoms with Gasteiger partial charge in [0.2, 0.25) is 0 Å². The zero-order valence-corrected chi connectivity index (χ0v) is 27.2. The summed E-state index contributed by atoms with van der Waals surface area (Å²) in [6.07, 6.45) is 2.17. The lowest BCUT2D eigenvalue weighted by Crippen LogP contribution is -2.28. The molecule has 0 radical (unpaired) electrons. The summed E-state index contributed by atoms with van der Waals surface area (Å²) in [6.45, 7) is 2.28. The fourth-order valence-electron chi connectivity index (χ4n) is 8.45. The summed E-state index contributed by atoms with van der Waals surface area (Å²) in [7, 11) is 0. The van der Waals surface area contributed by atoms with Gasteiger partial charge in [0.1, 0.15) is 0 Å². The van der Waals surface area contributed by atoms with Crippen molar-refractivity contribution in [2.24, 2.45) is 0 Å². The first-order valence-electron chi connectivity index (χ1n) is 17.2. The molecular formula is C48H36. The van der Waals surface area contributed by atoms with Crippen molar-refractivity contribution < 1.29 is 0 Å². The Balaban J connectivity index is 1.55. The second-order valence-corrected chi connectivity index (χ2v) is 13.1. The maximum Gasteiger partial charge on any atom is 0.0714 e. The SMILES string of the molecule is CCCc1ccc2c(-c3ccccc3)cc3c(c2c1)-c1c(cc(-c2ccccc2)c2ccccc12)C3(c1ccccc1)c1ccccc1. The number of fused-ring (bicyclic) bond motifs is 7. The standard InChI is InChI=1S/C48H36/c1-2-17-33-28-29-39-42(35-20-9-4-10-21-35)32-45-47(43(39)30-33)46-40-27-16-15-26-38(40)41(34-18-7-3-8-19-34)31-44(46)48(45,36-22-11-5-12-23-36)37-24-13-6-14-25-37/h3-16,18-32H,2,17H2,1H3. The molecule has 0 saturated heterocycles. The molecule has 8 aromatic carbocycles. The third kappa shape index (κ3) is 4.23. The first kappa shape index (κ1) is 28.5. The molecule has 0 N–H and O–H groups in total. The molecule has 0 aliphatic heterocycles. The summed E-state index contributed by atoms with van der Waals surface area (Å²) in [6, 6.07) is 65.7. The van der Waals surface area contributed by atoms with Crippen molar-refractivity contribution in [2.75, 3.05) is 0 Å². The van der Waals surface area contributed by atoms with E-state index in [2.05, 4.69) is 183 Å². The molecule has 48 heavy (non-hydrogen) atoms. The van der Waals surface area contributed by atoms with E-state index in [0.29, 0.717) is 0 Å². The molecule has 1 aliphatic rings. The van der Waals surface area contributed by atoms with Gasteiger partial charge in [-0.3, -0.25) is 0 Å². The summed E-state index contributed by atoms with van der Waals surface area (Å²) >= 11 is 0. The van der Waals surface area contributed by atoms with E-state index in [1.54, 1.807) is 0 Å². The van der Waals surface area contributed by atoms with Gasteiger partial charge in [-0.1, -0.05) is 177 Å². The Labute approximate surface area is 283 Å². The highest BCUT2D eigenvalue weighted by molar-refractivity contribution is 6.17. The summed E-state index contributed by atoms with van der Waals surface area (Å²) in [5, 5.41) is 5.23. The summed E-state index contributed by atoms with van der Waals surface area (Å²) in [5.41, 5.74) is 13.9. The molecule has 9 rings (SSSR count). The van der Waals surface area contributed by atoms with Gasteiger partial charge in [-0.25, -0.2) is 0 Å². The van der Waals surface area contributed by atoms with Crippen molar-refractivity contribution in [2.45, 2.75) is 25.2 Å². The fourth-order valence-corrected chi connectivity index (χ4v) is 8.45. The van der Waals surface area contributed by atoms with Crippen LogP contribution >= 0.6 is 0 Å². The topological polar surface area (TPSA) is 0 Å². The van der Waals surface area contributed by atoms with Crippen LogP contribution in [-0.4, -0.2) is 0 Å². The lowest BCUT2D eigenvalue weighted by molar-refractivity contribution is 0.770. The van der Waals surface area contributed by atoms with Gasteiger partial charge in [0.05, 0.1) is 5.41 Å². The normalized spacial score (nSPS) is 13.0.